The SMILES string of the molecule is CC[C@H](C)[C@@H]1NC(=O)[C@@H](Cc2ccccc2)NC(=O)[C@H](C)NC(=O)[C@@H](NC(C)=O)CSC(=O)[C@@H](CCSC)NC1=O. The zero-order valence-electron chi connectivity index (χ0n) is 24.2. The molecule has 1 aromatic carbocycles. The van der Waals surface area contributed by atoms with E-state index >= 15 is 0 Å². The first kappa shape index (κ1) is 34.1. The molecule has 1 saturated heterocycles. The molecule has 1 fully saturated rings. The molecule has 1 aromatic rings. The predicted octanol–water partition coefficient (Wildman–Crippen LogP) is 0.766. The number of hydrogen-bond acceptors (Lipinski definition) is 8. The lowest BCUT2D eigenvalue weighted by Crippen LogP contribution is -2.60. The van der Waals surface area contributed by atoms with Crippen molar-refractivity contribution in [3.05, 3.63) is 35.9 Å². The summed E-state index contributed by atoms with van der Waals surface area (Å²) in [7, 11) is 0. The molecule has 0 unspecified atom stereocenters. The van der Waals surface area contributed by atoms with Crippen LogP contribution in [-0.2, 0) is 35.2 Å². The van der Waals surface area contributed by atoms with E-state index in [-0.39, 0.29) is 23.2 Å². The average Bonchev–Trinajstić information content (AvgIpc) is 2.94. The van der Waals surface area contributed by atoms with Crippen molar-refractivity contribution < 1.29 is 28.8 Å². The number of thioether (sulfide) groups is 2. The van der Waals surface area contributed by atoms with E-state index in [2.05, 4.69) is 26.6 Å². The highest BCUT2D eigenvalue weighted by Gasteiger charge is 2.34. The third-order valence-corrected chi connectivity index (χ3v) is 8.47. The van der Waals surface area contributed by atoms with Crippen molar-refractivity contribution >= 4 is 58.2 Å². The molecule has 0 saturated carbocycles. The van der Waals surface area contributed by atoms with E-state index in [4.69, 9.17) is 0 Å². The van der Waals surface area contributed by atoms with Crippen molar-refractivity contribution in [1.82, 2.24) is 26.6 Å². The molecule has 5 amide bonds. The minimum absolute atomic E-state index is 0.0909. The van der Waals surface area contributed by atoms with Crippen LogP contribution in [0.1, 0.15) is 46.1 Å². The van der Waals surface area contributed by atoms with E-state index in [9.17, 15) is 28.8 Å². The fraction of sp³-hybridized carbons (Fsp3) is 0.571. The molecule has 13 heteroatoms. The summed E-state index contributed by atoms with van der Waals surface area (Å²) >= 11 is 2.34. The fourth-order valence-electron chi connectivity index (χ4n) is 4.13. The minimum atomic E-state index is -1.10. The Morgan fingerprint density at radius 3 is 2.24 bits per heavy atom. The van der Waals surface area contributed by atoms with Crippen LogP contribution < -0.4 is 26.6 Å². The molecule has 0 aliphatic carbocycles. The molecular weight excluding hydrogens is 566 g/mol. The lowest BCUT2D eigenvalue weighted by atomic mass is 9.96. The van der Waals surface area contributed by atoms with Gasteiger partial charge >= 0.3 is 0 Å². The van der Waals surface area contributed by atoms with Crippen molar-refractivity contribution in [2.45, 2.75) is 77.2 Å². The molecule has 0 radical (unpaired) electrons. The summed E-state index contributed by atoms with van der Waals surface area (Å²) in [5, 5.41) is 13.1. The highest BCUT2D eigenvalue weighted by Crippen LogP contribution is 2.16. The number of hydrogen-bond donors (Lipinski definition) is 5. The fourth-order valence-corrected chi connectivity index (χ4v) is 5.55. The lowest BCUT2D eigenvalue weighted by Gasteiger charge is -2.29. The monoisotopic (exact) mass is 607 g/mol. The van der Waals surface area contributed by atoms with E-state index in [1.807, 2.05) is 50.4 Å². The smallest absolute Gasteiger partial charge is 0.244 e. The summed E-state index contributed by atoms with van der Waals surface area (Å²) in [4.78, 5) is 78.3. The Kier molecular flexibility index (Phi) is 14.2. The van der Waals surface area contributed by atoms with Gasteiger partial charge in [-0.15, -0.1) is 0 Å². The van der Waals surface area contributed by atoms with Gasteiger partial charge in [0.2, 0.25) is 34.7 Å². The molecule has 11 nitrogen and oxygen atoms in total. The van der Waals surface area contributed by atoms with Gasteiger partial charge < -0.3 is 26.6 Å². The van der Waals surface area contributed by atoms with E-state index < -0.39 is 59.7 Å². The first-order valence-electron chi connectivity index (χ1n) is 13.6. The van der Waals surface area contributed by atoms with Crippen molar-refractivity contribution in [2.75, 3.05) is 17.8 Å². The first-order valence-corrected chi connectivity index (χ1v) is 16.0. The Morgan fingerprint density at radius 2 is 1.63 bits per heavy atom. The van der Waals surface area contributed by atoms with Gasteiger partial charge in [-0.2, -0.15) is 11.8 Å². The van der Waals surface area contributed by atoms with E-state index in [0.29, 0.717) is 18.6 Å². The van der Waals surface area contributed by atoms with Crippen LogP contribution in [0.3, 0.4) is 0 Å². The number of nitrogens with one attached hydrogen (secondary N) is 5. The van der Waals surface area contributed by atoms with Gasteiger partial charge in [-0.25, -0.2) is 0 Å². The molecule has 0 aromatic heterocycles. The number of rotatable bonds is 8. The Balaban J connectivity index is 2.48. The molecule has 5 N–H and O–H groups in total. The normalized spacial score (nSPS) is 25.8. The van der Waals surface area contributed by atoms with Gasteiger partial charge in [-0.1, -0.05) is 62.4 Å². The maximum absolute atomic E-state index is 13.6. The minimum Gasteiger partial charge on any atom is -0.344 e. The predicted molar refractivity (Wildman–Crippen MR) is 161 cm³/mol. The van der Waals surface area contributed by atoms with Crippen molar-refractivity contribution in [1.29, 1.82) is 0 Å². The average molecular weight is 608 g/mol. The topological polar surface area (TPSA) is 163 Å². The summed E-state index contributed by atoms with van der Waals surface area (Å²) in [5.41, 5.74) is 0.786. The number of benzene rings is 1. The largest absolute Gasteiger partial charge is 0.344 e. The lowest BCUT2D eigenvalue weighted by molar-refractivity contribution is -0.135. The Morgan fingerprint density at radius 1 is 0.976 bits per heavy atom. The molecule has 226 valence electrons. The summed E-state index contributed by atoms with van der Waals surface area (Å²) in [6.07, 6.45) is 2.96. The Bertz CT molecular complexity index is 1090. The summed E-state index contributed by atoms with van der Waals surface area (Å²) < 4.78 is 0. The number of carbonyl (C=O) groups excluding carboxylic acids is 6. The van der Waals surface area contributed by atoms with Crippen molar-refractivity contribution in [2.24, 2.45) is 5.92 Å². The molecule has 1 aliphatic rings. The number of amides is 5. The maximum atomic E-state index is 13.6. The van der Waals surface area contributed by atoms with Crippen LogP contribution in [0.15, 0.2) is 30.3 Å². The number of carbonyl (C=O) groups is 6. The van der Waals surface area contributed by atoms with Gasteiger partial charge in [0, 0.05) is 19.1 Å². The Hall–Kier alpha value is -3.06. The second kappa shape index (κ2) is 17.0. The van der Waals surface area contributed by atoms with Gasteiger partial charge in [0.25, 0.3) is 0 Å². The molecule has 41 heavy (non-hydrogen) atoms. The Labute approximate surface area is 249 Å². The highest BCUT2D eigenvalue weighted by molar-refractivity contribution is 8.13. The maximum Gasteiger partial charge on any atom is 0.244 e. The van der Waals surface area contributed by atoms with Crippen molar-refractivity contribution in [3.63, 3.8) is 0 Å². The summed E-state index contributed by atoms with van der Waals surface area (Å²) in [6.45, 7) is 6.44. The van der Waals surface area contributed by atoms with Crippen LogP contribution in [0, 0.1) is 5.92 Å². The highest BCUT2D eigenvalue weighted by atomic mass is 32.2. The standard InChI is InChI=1S/C28H41N5O6S2/c1-6-16(2)23-27(38)31-20(12-13-40-5)28(39)41-15-22(30-18(4)34)26(37)29-17(3)24(35)32-21(25(36)33-23)14-19-10-8-7-9-11-19/h7-11,16-17,20-23H,6,12-15H2,1-5H3,(H,29,37)(H,30,34)(H,31,38)(H,32,35)(H,33,36)/t16-,17-,20+,21+,22-,23-/m0/s1. The summed E-state index contributed by atoms with van der Waals surface area (Å²) in [6, 6.07) is 4.08. The van der Waals surface area contributed by atoms with Crippen molar-refractivity contribution in [3.8, 4) is 0 Å². The van der Waals surface area contributed by atoms with E-state index in [1.165, 1.54) is 25.6 Å². The molecule has 0 bridgehead atoms. The van der Waals surface area contributed by atoms with Gasteiger partial charge in [0.05, 0.1) is 6.04 Å². The molecule has 2 rings (SSSR count). The van der Waals surface area contributed by atoms with E-state index in [1.54, 1.807) is 0 Å². The van der Waals surface area contributed by atoms with Crippen LogP contribution in [0.5, 0.6) is 0 Å². The van der Waals surface area contributed by atoms with Crippen LogP contribution >= 0.6 is 23.5 Å². The molecular formula is C28H41N5O6S2. The van der Waals surface area contributed by atoms with Crippen LogP contribution in [0.4, 0.5) is 0 Å². The van der Waals surface area contributed by atoms with Crippen LogP contribution in [-0.4, -0.2) is 82.6 Å². The molecule has 1 aliphatic heterocycles. The zero-order chi connectivity index (χ0) is 30.5. The molecule has 0 spiro atoms. The van der Waals surface area contributed by atoms with Crippen LogP contribution in [0.2, 0.25) is 0 Å². The van der Waals surface area contributed by atoms with E-state index in [0.717, 1.165) is 17.3 Å². The molecule has 6 atom stereocenters. The first-order chi connectivity index (χ1) is 19.5. The quantitative estimate of drug-likeness (QED) is 0.289. The third kappa shape index (κ3) is 11.0. The van der Waals surface area contributed by atoms with Gasteiger partial charge in [-0.05, 0) is 36.8 Å². The molecule has 1 heterocycles. The second-order valence-corrected chi connectivity index (χ2v) is 12.1. The zero-order valence-corrected chi connectivity index (χ0v) is 25.8. The van der Waals surface area contributed by atoms with Gasteiger partial charge in [0.15, 0.2) is 0 Å². The second-order valence-electron chi connectivity index (χ2n) is 10.1. The van der Waals surface area contributed by atoms with Gasteiger partial charge in [-0.3, -0.25) is 28.8 Å². The van der Waals surface area contributed by atoms with Crippen LogP contribution in [0.25, 0.3) is 0 Å². The van der Waals surface area contributed by atoms with Gasteiger partial charge in [0.1, 0.15) is 24.2 Å². The third-order valence-electron chi connectivity index (χ3n) is 6.76. The summed E-state index contributed by atoms with van der Waals surface area (Å²) in [5.74, 6) is -2.58.